The first kappa shape index (κ1) is 13.1. The summed E-state index contributed by atoms with van der Waals surface area (Å²) in [5.74, 6) is 1.19. The topological polar surface area (TPSA) is 52.3 Å². The molecule has 0 fully saturated rings. The van der Waals surface area contributed by atoms with Crippen molar-refractivity contribution in [1.29, 1.82) is 0 Å². The van der Waals surface area contributed by atoms with Gasteiger partial charge in [0.2, 0.25) is 0 Å². The zero-order chi connectivity index (χ0) is 12.8. The predicted octanol–water partition coefficient (Wildman–Crippen LogP) is 2.71. The van der Waals surface area contributed by atoms with Crippen LogP contribution in [0.2, 0.25) is 0 Å². The number of unbranched alkanes of at least 4 members (excludes halogenated alkanes) is 3. The fourth-order valence-electron chi connectivity index (χ4n) is 2.29. The number of ketones is 1. The Morgan fingerprint density at radius 1 is 1.22 bits per heavy atom. The Balaban J connectivity index is 1.82. The van der Waals surface area contributed by atoms with E-state index in [4.69, 9.17) is 10.5 Å². The number of ether oxygens (including phenoxy) is 1. The molecule has 0 saturated carbocycles. The number of carbonyl (C=O) groups is 1. The second-order valence-electron chi connectivity index (χ2n) is 4.80. The molecular formula is C15H21NO2. The van der Waals surface area contributed by atoms with Gasteiger partial charge in [0.05, 0.1) is 6.61 Å². The molecule has 3 nitrogen and oxygen atoms in total. The maximum atomic E-state index is 12.0. The normalized spacial score (nSPS) is 13.2. The highest BCUT2D eigenvalue weighted by Gasteiger charge is 2.14. The first-order valence-corrected chi connectivity index (χ1v) is 6.80. The highest BCUT2D eigenvalue weighted by Crippen LogP contribution is 2.26. The zero-order valence-electron chi connectivity index (χ0n) is 10.8. The summed E-state index contributed by atoms with van der Waals surface area (Å²) in [5.41, 5.74) is 7.44. The monoisotopic (exact) mass is 247 g/mol. The van der Waals surface area contributed by atoms with Crippen LogP contribution in [0.3, 0.4) is 0 Å². The van der Waals surface area contributed by atoms with Crippen LogP contribution in [-0.4, -0.2) is 18.9 Å². The minimum Gasteiger partial charge on any atom is -0.493 e. The van der Waals surface area contributed by atoms with Gasteiger partial charge in [-0.05, 0) is 43.1 Å². The molecule has 0 atom stereocenters. The average Bonchev–Trinajstić information content (AvgIpc) is 2.85. The molecule has 1 heterocycles. The van der Waals surface area contributed by atoms with Gasteiger partial charge in [0.1, 0.15) is 5.75 Å². The lowest BCUT2D eigenvalue weighted by Gasteiger charge is -2.04. The van der Waals surface area contributed by atoms with E-state index in [1.807, 2.05) is 18.2 Å². The summed E-state index contributed by atoms with van der Waals surface area (Å²) in [6.45, 7) is 1.49. The fraction of sp³-hybridized carbons (Fsp3) is 0.533. The highest BCUT2D eigenvalue weighted by molar-refractivity contribution is 5.96. The molecule has 0 amide bonds. The highest BCUT2D eigenvalue weighted by atomic mass is 16.5. The molecule has 0 bridgehead atoms. The second kappa shape index (κ2) is 6.55. The molecule has 0 spiro atoms. The smallest absolute Gasteiger partial charge is 0.162 e. The van der Waals surface area contributed by atoms with E-state index in [9.17, 15) is 4.79 Å². The number of rotatable bonds is 7. The summed E-state index contributed by atoms with van der Waals surface area (Å²) in [5, 5.41) is 0. The van der Waals surface area contributed by atoms with Gasteiger partial charge in [-0.2, -0.15) is 0 Å². The first-order chi connectivity index (χ1) is 8.81. The molecule has 0 aliphatic carbocycles. The van der Waals surface area contributed by atoms with Crippen molar-refractivity contribution in [2.45, 2.75) is 38.5 Å². The zero-order valence-corrected chi connectivity index (χ0v) is 10.8. The molecule has 18 heavy (non-hydrogen) atoms. The van der Waals surface area contributed by atoms with Gasteiger partial charge < -0.3 is 10.5 Å². The van der Waals surface area contributed by atoms with Gasteiger partial charge in [0, 0.05) is 18.4 Å². The van der Waals surface area contributed by atoms with Gasteiger partial charge in [0.25, 0.3) is 0 Å². The Hall–Kier alpha value is -1.35. The van der Waals surface area contributed by atoms with Crippen molar-refractivity contribution in [2.24, 2.45) is 5.73 Å². The number of carbonyl (C=O) groups excluding carboxylic acids is 1. The summed E-state index contributed by atoms with van der Waals surface area (Å²) >= 11 is 0. The Labute approximate surface area is 108 Å². The Morgan fingerprint density at radius 3 is 2.89 bits per heavy atom. The van der Waals surface area contributed by atoms with Gasteiger partial charge >= 0.3 is 0 Å². The molecule has 1 aromatic carbocycles. The Bertz CT molecular complexity index is 415. The third kappa shape index (κ3) is 3.33. The van der Waals surface area contributed by atoms with Crippen molar-refractivity contribution in [3.8, 4) is 5.75 Å². The van der Waals surface area contributed by atoms with E-state index < -0.39 is 0 Å². The molecule has 2 N–H and O–H groups in total. The van der Waals surface area contributed by atoms with Gasteiger partial charge in [0.15, 0.2) is 5.78 Å². The van der Waals surface area contributed by atoms with E-state index in [2.05, 4.69) is 0 Å². The molecule has 1 aliphatic rings. The third-order valence-electron chi connectivity index (χ3n) is 3.37. The number of benzene rings is 1. The fourth-order valence-corrected chi connectivity index (χ4v) is 2.29. The standard InChI is InChI=1S/C15H21NO2/c16-9-4-2-1-3-5-14(17)12-6-7-15-13(11-12)8-10-18-15/h6-7,11H,1-5,8-10,16H2. The van der Waals surface area contributed by atoms with Crippen LogP contribution in [0.15, 0.2) is 18.2 Å². The van der Waals surface area contributed by atoms with Crippen LogP contribution in [0.4, 0.5) is 0 Å². The first-order valence-electron chi connectivity index (χ1n) is 6.80. The lowest BCUT2D eigenvalue weighted by Crippen LogP contribution is -2.01. The van der Waals surface area contributed by atoms with Crippen molar-refractivity contribution in [3.63, 3.8) is 0 Å². The van der Waals surface area contributed by atoms with Crippen LogP contribution in [-0.2, 0) is 6.42 Å². The van der Waals surface area contributed by atoms with Crippen LogP contribution >= 0.6 is 0 Å². The number of Topliss-reactive ketones (excluding diaryl/α,β-unsaturated/α-hetero) is 1. The number of hydrogen-bond donors (Lipinski definition) is 1. The molecule has 0 unspecified atom stereocenters. The van der Waals surface area contributed by atoms with Crippen molar-refractivity contribution in [1.82, 2.24) is 0 Å². The Kier molecular flexibility index (Phi) is 4.76. The van der Waals surface area contributed by atoms with Crippen LogP contribution in [0.1, 0.15) is 48.0 Å². The minimum absolute atomic E-state index is 0.248. The molecule has 1 aliphatic heterocycles. The molecule has 0 radical (unpaired) electrons. The maximum Gasteiger partial charge on any atom is 0.162 e. The summed E-state index contributed by atoms with van der Waals surface area (Å²) in [6, 6.07) is 5.79. The molecular weight excluding hydrogens is 226 g/mol. The van der Waals surface area contributed by atoms with Gasteiger partial charge in [-0.15, -0.1) is 0 Å². The third-order valence-corrected chi connectivity index (χ3v) is 3.37. The van der Waals surface area contributed by atoms with Gasteiger partial charge in [-0.25, -0.2) is 0 Å². The minimum atomic E-state index is 0.248. The molecule has 1 aromatic rings. The van der Waals surface area contributed by atoms with Crippen molar-refractivity contribution in [3.05, 3.63) is 29.3 Å². The Morgan fingerprint density at radius 2 is 2.06 bits per heavy atom. The lowest BCUT2D eigenvalue weighted by atomic mass is 10.0. The molecule has 2 rings (SSSR count). The van der Waals surface area contributed by atoms with E-state index in [-0.39, 0.29) is 5.78 Å². The summed E-state index contributed by atoms with van der Waals surface area (Å²) in [7, 11) is 0. The number of hydrogen-bond acceptors (Lipinski definition) is 3. The van der Waals surface area contributed by atoms with E-state index in [1.165, 1.54) is 5.56 Å². The largest absolute Gasteiger partial charge is 0.493 e. The van der Waals surface area contributed by atoms with Crippen LogP contribution in [0.5, 0.6) is 5.75 Å². The van der Waals surface area contributed by atoms with Crippen LogP contribution in [0.25, 0.3) is 0 Å². The maximum absolute atomic E-state index is 12.0. The summed E-state index contributed by atoms with van der Waals surface area (Å²) < 4.78 is 5.44. The lowest BCUT2D eigenvalue weighted by molar-refractivity contribution is 0.0979. The summed E-state index contributed by atoms with van der Waals surface area (Å²) in [4.78, 5) is 12.0. The van der Waals surface area contributed by atoms with E-state index >= 15 is 0 Å². The van der Waals surface area contributed by atoms with E-state index in [0.717, 1.165) is 56.6 Å². The predicted molar refractivity (Wildman–Crippen MR) is 72.1 cm³/mol. The van der Waals surface area contributed by atoms with Crippen molar-refractivity contribution in [2.75, 3.05) is 13.2 Å². The van der Waals surface area contributed by atoms with Crippen molar-refractivity contribution >= 4 is 5.78 Å². The molecule has 0 aromatic heterocycles. The van der Waals surface area contributed by atoms with Crippen LogP contribution < -0.4 is 10.5 Å². The van der Waals surface area contributed by atoms with E-state index in [1.54, 1.807) is 0 Å². The molecule has 98 valence electrons. The van der Waals surface area contributed by atoms with Gasteiger partial charge in [-0.3, -0.25) is 4.79 Å². The quantitative estimate of drug-likeness (QED) is 0.595. The van der Waals surface area contributed by atoms with Crippen LogP contribution in [0, 0.1) is 0 Å². The number of nitrogens with two attached hydrogens (primary N) is 1. The van der Waals surface area contributed by atoms with E-state index in [0.29, 0.717) is 6.42 Å². The molecule has 0 saturated heterocycles. The van der Waals surface area contributed by atoms with Gasteiger partial charge in [-0.1, -0.05) is 12.8 Å². The average molecular weight is 247 g/mol. The van der Waals surface area contributed by atoms with Crippen molar-refractivity contribution < 1.29 is 9.53 Å². The molecule has 3 heteroatoms. The SMILES string of the molecule is NCCCCCCC(=O)c1ccc2c(c1)CCO2. The number of fused-ring (bicyclic) bond motifs is 1. The summed E-state index contributed by atoms with van der Waals surface area (Å²) in [6.07, 6.45) is 5.81. The second-order valence-corrected chi connectivity index (χ2v) is 4.80.